The number of rotatable bonds is 2. The van der Waals surface area contributed by atoms with Gasteiger partial charge in [-0.2, -0.15) is 0 Å². The number of nitrogens with zero attached hydrogens (tertiary/aromatic N) is 1. The zero-order valence-electron chi connectivity index (χ0n) is 10.9. The van der Waals surface area contributed by atoms with Crippen LogP contribution >= 0.6 is 15.9 Å². The van der Waals surface area contributed by atoms with Crippen molar-refractivity contribution in [2.24, 2.45) is 11.7 Å². The van der Waals surface area contributed by atoms with Gasteiger partial charge in [-0.1, -0.05) is 22.9 Å². The molecule has 0 saturated carbocycles. The maximum absolute atomic E-state index is 13.9. The van der Waals surface area contributed by atoms with Crippen LogP contribution in [0.3, 0.4) is 0 Å². The van der Waals surface area contributed by atoms with E-state index in [4.69, 9.17) is 5.73 Å². The average molecular weight is 329 g/mol. The van der Waals surface area contributed by atoms with Crippen LogP contribution in [0.25, 0.3) is 0 Å². The summed E-state index contributed by atoms with van der Waals surface area (Å²) in [6.07, 6.45) is 1.83. The van der Waals surface area contributed by atoms with Gasteiger partial charge in [0.25, 0.3) is 5.91 Å². The van der Waals surface area contributed by atoms with Gasteiger partial charge in [0.15, 0.2) is 0 Å². The van der Waals surface area contributed by atoms with Gasteiger partial charge in [-0.25, -0.2) is 4.39 Å². The number of benzene rings is 1. The lowest BCUT2D eigenvalue weighted by Gasteiger charge is -2.38. The van der Waals surface area contributed by atoms with Crippen LogP contribution < -0.4 is 5.73 Å². The summed E-state index contributed by atoms with van der Waals surface area (Å²) in [6, 6.07) is 4.53. The molecule has 0 aliphatic carbocycles. The summed E-state index contributed by atoms with van der Waals surface area (Å²) in [5.41, 5.74) is 5.86. The van der Waals surface area contributed by atoms with Crippen LogP contribution in [0.2, 0.25) is 0 Å². The molecule has 1 saturated heterocycles. The third-order valence-corrected chi connectivity index (χ3v) is 4.17. The summed E-state index contributed by atoms with van der Waals surface area (Å²) in [5.74, 6) is -0.187. The second kappa shape index (κ2) is 6.01. The predicted molar refractivity (Wildman–Crippen MR) is 76.4 cm³/mol. The van der Waals surface area contributed by atoms with Gasteiger partial charge < -0.3 is 10.6 Å². The fourth-order valence-corrected chi connectivity index (χ4v) is 2.89. The van der Waals surface area contributed by atoms with Crippen molar-refractivity contribution in [3.05, 3.63) is 34.1 Å². The molecule has 1 heterocycles. The molecule has 2 unspecified atom stereocenters. The summed E-state index contributed by atoms with van der Waals surface area (Å²) >= 11 is 3.19. The molecule has 104 valence electrons. The Labute approximate surface area is 121 Å². The van der Waals surface area contributed by atoms with E-state index in [-0.39, 0.29) is 17.5 Å². The molecule has 19 heavy (non-hydrogen) atoms. The molecular formula is C14H18BrFN2O. The topological polar surface area (TPSA) is 46.3 Å². The van der Waals surface area contributed by atoms with Crippen molar-refractivity contribution < 1.29 is 9.18 Å². The van der Waals surface area contributed by atoms with E-state index in [0.29, 0.717) is 23.5 Å². The van der Waals surface area contributed by atoms with E-state index in [1.54, 1.807) is 11.0 Å². The van der Waals surface area contributed by atoms with Crippen molar-refractivity contribution in [2.75, 3.05) is 13.1 Å². The van der Waals surface area contributed by atoms with Crippen LogP contribution in [0.1, 0.15) is 30.1 Å². The van der Waals surface area contributed by atoms with Crippen LogP contribution in [0.5, 0.6) is 0 Å². The highest BCUT2D eigenvalue weighted by Crippen LogP contribution is 2.25. The van der Waals surface area contributed by atoms with Crippen molar-refractivity contribution in [3.8, 4) is 0 Å². The molecule has 1 aromatic carbocycles. The minimum absolute atomic E-state index is 0.0132. The monoisotopic (exact) mass is 328 g/mol. The molecular weight excluding hydrogens is 311 g/mol. The first-order valence-corrected chi connectivity index (χ1v) is 7.28. The van der Waals surface area contributed by atoms with Gasteiger partial charge in [-0.15, -0.1) is 0 Å². The van der Waals surface area contributed by atoms with Crippen molar-refractivity contribution in [3.63, 3.8) is 0 Å². The maximum Gasteiger partial charge on any atom is 0.257 e. The lowest BCUT2D eigenvalue weighted by Crippen LogP contribution is -2.49. The highest BCUT2D eigenvalue weighted by Gasteiger charge is 2.30. The highest BCUT2D eigenvalue weighted by atomic mass is 79.9. The molecule has 2 rings (SSSR count). The van der Waals surface area contributed by atoms with E-state index >= 15 is 0 Å². The second-order valence-corrected chi connectivity index (χ2v) is 6.06. The molecule has 1 aromatic rings. The Morgan fingerprint density at radius 1 is 1.58 bits per heavy atom. The Balaban J connectivity index is 2.22. The summed E-state index contributed by atoms with van der Waals surface area (Å²) in [4.78, 5) is 14.1. The van der Waals surface area contributed by atoms with E-state index in [1.165, 1.54) is 12.1 Å². The van der Waals surface area contributed by atoms with E-state index in [9.17, 15) is 9.18 Å². The molecule has 1 fully saturated rings. The third-order valence-electron chi connectivity index (χ3n) is 3.67. The quantitative estimate of drug-likeness (QED) is 0.907. The lowest BCUT2D eigenvalue weighted by atomic mass is 9.92. The zero-order chi connectivity index (χ0) is 14.0. The van der Waals surface area contributed by atoms with Gasteiger partial charge in [-0.3, -0.25) is 4.79 Å². The second-order valence-electron chi connectivity index (χ2n) is 5.14. The first-order valence-electron chi connectivity index (χ1n) is 6.49. The van der Waals surface area contributed by atoms with Gasteiger partial charge in [0.05, 0.1) is 5.56 Å². The number of nitrogens with two attached hydrogens (primary N) is 1. The van der Waals surface area contributed by atoms with Crippen molar-refractivity contribution in [1.29, 1.82) is 0 Å². The van der Waals surface area contributed by atoms with E-state index in [1.807, 2.05) is 0 Å². The molecule has 0 bridgehead atoms. The number of carbonyl (C=O) groups is 1. The Morgan fingerprint density at radius 3 is 2.95 bits per heavy atom. The summed E-state index contributed by atoms with van der Waals surface area (Å²) in [7, 11) is 0. The molecule has 1 amide bonds. The Bertz CT molecular complexity index is 481. The number of halogens is 2. The van der Waals surface area contributed by atoms with Crippen LogP contribution in [-0.4, -0.2) is 29.9 Å². The number of amides is 1. The fraction of sp³-hybridized carbons (Fsp3) is 0.500. The molecule has 1 aliphatic rings. The smallest absolute Gasteiger partial charge is 0.257 e. The molecule has 1 aliphatic heterocycles. The van der Waals surface area contributed by atoms with Gasteiger partial charge in [0.2, 0.25) is 0 Å². The Kier molecular flexibility index (Phi) is 4.58. The van der Waals surface area contributed by atoms with Crippen molar-refractivity contribution in [1.82, 2.24) is 4.90 Å². The molecule has 0 spiro atoms. The molecule has 2 atom stereocenters. The number of likely N-dealkylation sites (tertiary alicyclic amines) is 1. The van der Waals surface area contributed by atoms with Crippen molar-refractivity contribution >= 4 is 21.8 Å². The van der Waals surface area contributed by atoms with Crippen LogP contribution in [-0.2, 0) is 0 Å². The van der Waals surface area contributed by atoms with Gasteiger partial charge in [-0.05, 0) is 37.0 Å². The molecule has 0 radical (unpaired) electrons. The lowest BCUT2D eigenvalue weighted by molar-refractivity contribution is 0.0569. The first kappa shape index (κ1) is 14.5. The third kappa shape index (κ3) is 3.15. The molecule has 2 N–H and O–H groups in total. The molecule has 5 heteroatoms. The largest absolute Gasteiger partial charge is 0.334 e. The fourth-order valence-electron chi connectivity index (χ4n) is 2.56. The predicted octanol–water partition coefficient (Wildman–Crippen LogP) is 2.79. The zero-order valence-corrected chi connectivity index (χ0v) is 12.5. The van der Waals surface area contributed by atoms with E-state index in [2.05, 4.69) is 22.9 Å². The molecule has 3 nitrogen and oxygen atoms in total. The van der Waals surface area contributed by atoms with Gasteiger partial charge in [0.1, 0.15) is 5.82 Å². The van der Waals surface area contributed by atoms with E-state index in [0.717, 1.165) is 12.8 Å². The number of hydrogen-bond donors (Lipinski definition) is 1. The van der Waals surface area contributed by atoms with Crippen LogP contribution in [0.4, 0.5) is 4.39 Å². The minimum Gasteiger partial charge on any atom is -0.334 e. The van der Waals surface area contributed by atoms with Crippen LogP contribution in [0.15, 0.2) is 22.7 Å². The first-order chi connectivity index (χ1) is 9.02. The number of carbonyl (C=O) groups excluding carboxylic acids is 1. The molecule has 0 aromatic heterocycles. The summed E-state index contributed by atoms with van der Waals surface area (Å²) in [6.45, 7) is 3.23. The minimum atomic E-state index is -0.492. The Hall–Kier alpha value is -0.940. The summed E-state index contributed by atoms with van der Waals surface area (Å²) in [5, 5.41) is 0. The normalized spacial score (nSPS) is 23.5. The average Bonchev–Trinajstić information content (AvgIpc) is 2.37. The standard InChI is InChI=1S/C14H18BrFN2O/c1-9-4-5-18(11(6-9)8-17)14(19)12-3-2-10(15)7-13(12)16/h2-3,7,9,11H,4-6,8,17H2,1H3. The SMILES string of the molecule is CC1CCN(C(=O)c2ccc(Br)cc2F)C(CN)C1. The number of hydrogen-bond acceptors (Lipinski definition) is 2. The van der Waals surface area contributed by atoms with Gasteiger partial charge in [0, 0.05) is 23.6 Å². The highest BCUT2D eigenvalue weighted by molar-refractivity contribution is 9.10. The summed E-state index contributed by atoms with van der Waals surface area (Å²) < 4.78 is 14.5. The Morgan fingerprint density at radius 2 is 2.32 bits per heavy atom. The van der Waals surface area contributed by atoms with Crippen LogP contribution in [0, 0.1) is 11.7 Å². The number of piperidine rings is 1. The van der Waals surface area contributed by atoms with Crippen molar-refractivity contribution in [2.45, 2.75) is 25.8 Å². The van der Waals surface area contributed by atoms with E-state index < -0.39 is 5.82 Å². The maximum atomic E-state index is 13.9. The van der Waals surface area contributed by atoms with Gasteiger partial charge >= 0.3 is 0 Å².